The first-order valence-electron chi connectivity index (χ1n) is 6.02. The number of carbonyl (C=O) groups is 1. The molecule has 1 aliphatic rings. The fraction of sp³-hybridized carbons (Fsp3) is 0.462. The van der Waals surface area contributed by atoms with Gasteiger partial charge in [0.25, 0.3) is 0 Å². The summed E-state index contributed by atoms with van der Waals surface area (Å²) in [7, 11) is 0. The Bertz CT molecular complexity index is 455. The number of nitrogens with one attached hydrogen (secondary N) is 1. The Hall–Kier alpha value is -1.56. The second-order valence-electron chi connectivity index (χ2n) is 4.85. The van der Waals surface area contributed by atoms with Crippen molar-refractivity contribution in [3.63, 3.8) is 0 Å². The van der Waals surface area contributed by atoms with Crippen LogP contribution in [-0.4, -0.2) is 17.6 Å². The van der Waals surface area contributed by atoms with E-state index in [9.17, 15) is 18.0 Å². The van der Waals surface area contributed by atoms with Crippen LogP contribution in [0.5, 0.6) is 0 Å². The van der Waals surface area contributed by atoms with E-state index in [0.29, 0.717) is 0 Å². The Morgan fingerprint density at radius 2 is 1.89 bits per heavy atom. The lowest BCUT2D eigenvalue weighted by molar-refractivity contribution is -0.170. The first kappa shape index (κ1) is 13.9. The summed E-state index contributed by atoms with van der Waals surface area (Å²) < 4.78 is 38.0. The molecule has 19 heavy (non-hydrogen) atoms. The maximum absolute atomic E-state index is 12.7. The number of alkyl halides is 3. The molecule has 1 saturated carbocycles. The zero-order chi connectivity index (χ0) is 14.1. The summed E-state index contributed by atoms with van der Waals surface area (Å²) in [4.78, 5) is 11.6. The number of amides is 1. The number of hydrogen-bond donors (Lipinski definition) is 2. The van der Waals surface area contributed by atoms with E-state index in [1.165, 1.54) is 0 Å². The van der Waals surface area contributed by atoms with Crippen molar-refractivity contribution < 1.29 is 18.0 Å². The highest BCUT2D eigenvalue weighted by atomic mass is 19.4. The lowest BCUT2D eigenvalue weighted by atomic mass is 10.0. The number of carbonyl (C=O) groups excluding carboxylic acids is 1. The molecule has 1 aromatic rings. The highest BCUT2D eigenvalue weighted by molar-refractivity contribution is 5.78. The van der Waals surface area contributed by atoms with Gasteiger partial charge in [-0.25, -0.2) is 0 Å². The lowest BCUT2D eigenvalue weighted by Crippen LogP contribution is -2.48. The van der Waals surface area contributed by atoms with Crippen molar-refractivity contribution >= 4 is 5.91 Å². The van der Waals surface area contributed by atoms with Gasteiger partial charge in [0.1, 0.15) is 5.54 Å². The predicted octanol–water partition coefficient (Wildman–Crippen LogP) is 2.29. The molecule has 0 bridgehead atoms. The molecule has 0 saturated heterocycles. The first-order chi connectivity index (χ1) is 8.84. The smallest absolute Gasteiger partial charge is 0.342 e. The van der Waals surface area contributed by atoms with Gasteiger partial charge in [-0.3, -0.25) is 4.79 Å². The van der Waals surface area contributed by atoms with Crippen LogP contribution in [0.25, 0.3) is 0 Å². The van der Waals surface area contributed by atoms with Crippen LogP contribution >= 0.6 is 0 Å². The minimum Gasteiger partial charge on any atom is -0.342 e. The maximum Gasteiger partial charge on any atom is 0.411 e. The molecular weight excluding hydrogens is 257 g/mol. The van der Waals surface area contributed by atoms with Crippen LogP contribution in [-0.2, 0) is 4.79 Å². The molecule has 0 heterocycles. The lowest BCUT2D eigenvalue weighted by Gasteiger charge is -2.21. The van der Waals surface area contributed by atoms with E-state index >= 15 is 0 Å². The van der Waals surface area contributed by atoms with Crippen molar-refractivity contribution in [2.45, 2.75) is 37.0 Å². The van der Waals surface area contributed by atoms with Gasteiger partial charge >= 0.3 is 6.18 Å². The molecule has 2 rings (SSSR count). The average molecular weight is 272 g/mol. The number of nitrogens with two attached hydrogens (primary N) is 1. The third kappa shape index (κ3) is 3.07. The van der Waals surface area contributed by atoms with Gasteiger partial charge in [0.15, 0.2) is 0 Å². The predicted molar refractivity (Wildman–Crippen MR) is 64.2 cm³/mol. The van der Waals surface area contributed by atoms with Crippen molar-refractivity contribution in [2.24, 2.45) is 5.73 Å². The molecule has 1 unspecified atom stereocenters. The Labute approximate surface area is 109 Å². The molecule has 104 valence electrons. The fourth-order valence-electron chi connectivity index (χ4n) is 1.94. The van der Waals surface area contributed by atoms with E-state index in [-0.39, 0.29) is 19.3 Å². The van der Waals surface area contributed by atoms with Gasteiger partial charge in [-0.05, 0) is 18.4 Å². The Balaban J connectivity index is 1.92. The zero-order valence-electron chi connectivity index (χ0n) is 10.2. The van der Waals surface area contributed by atoms with E-state index < -0.39 is 23.7 Å². The molecule has 6 heteroatoms. The van der Waals surface area contributed by atoms with Crippen molar-refractivity contribution in [1.29, 1.82) is 0 Å². The molecule has 1 fully saturated rings. The average Bonchev–Trinajstić information content (AvgIpc) is 3.10. The van der Waals surface area contributed by atoms with E-state index in [4.69, 9.17) is 5.73 Å². The minimum absolute atomic E-state index is 0.0528. The quantitative estimate of drug-likeness (QED) is 0.883. The van der Waals surface area contributed by atoms with Crippen LogP contribution in [0.1, 0.15) is 30.9 Å². The normalized spacial score (nSPS) is 18.7. The van der Waals surface area contributed by atoms with Crippen LogP contribution in [0.3, 0.4) is 0 Å². The van der Waals surface area contributed by atoms with E-state index in [2.05, 4.69) is 5.32 Å². The molecule has 1 aliphatic carbocycles. The number of hydrogen-bond acceptors (Lipinski definition) is 2. The van der Waals surface area contributed by atoms with E-state index in [0.717, 1.165) is 5.56 Å². The molecule has 0 aliphatic heterocycles. The van der Waals surface area contributed by atoms with Crippen LogP contribution in [0.4, 0.5) is 13.2 Å². The highest BCUT2D eigenvalue weighted by Gasteiger charge is 2.64. The second-order valence-corrected chi connectivity index (χ2v) is 4.85. The summed E-state index contributed by atoms with van der Waals surface area (Å²) in [5.41, 5.74) is 4.52. The largest absolute Gasteiger partial charge is 0.411 e. The highest BCUT2D eigenvalue weighted by Crippen LogP contribution is 2.48. The van der Waals surface area contributed by atoms with Gasteiger partial charge in [0.05, 0.1) is 0 Å². The molecule has 0 spiro atoms. The van der Waals surface area contributed by atoms with Crippen LogP contribution in [0.2, 0.25) is 0 Å². The van der Waals surface area contributed by atoms with Crippen LogP contribution < -0.4 is 11.1 Å². The van der Waals surface area contributed by atoms with Gasteiger partial charge in [-0.1, -0.05) is 30.3 Å². The summed E-state index contributed by atoms with van der Waals surface area (Å²) in [5, 5.41) is 2.06. The topological polar surface area (TPSA) is 55.1 Å². The van der Waals surface area contributed by atoms with Crippen LogP contribution in [0, 0.1) is 0 Å². The molecule has 1 atom stereocenters. The van der Waals surface area contributed by atoms with Crippen molar-refractivity contribution in [1.82, 2.24) is 5.32 Å². The van der Waals surface area contributed by atoms with Crippen molar-refractivity contribution in [3.05, 3.63) is 35.9 Å². The fourth-order valence-corrected chi connectivity index (χ4v) is 1.94. The second kappa shape index (κ2) is 4.85. The number of benzene rings is 1. The molecule has 0 radical (unpaired) electrons. The van der Waals surface area contributed by atoms with Gasteiger partial charge in [-0.15, -0.1) is 0 Å². The van der Waals surface area contributed by atoms with E-state index in [1.54, 1.807) is 30.3 Å². The Kier molecular flexibility index (Phi) is 3.54. The molecule has 3 nitrogen and oxygen atoms in total. The van der Waals surface area contributed by atoms with Gasteiger partial charge in [-0.2, -0.15) is 13.2 Å². The first-order valence-corrected chi connectivity index (χ1v) is 6.02. The maximum atomic E-state index is 12.7. The minimum atomic E-state index is -4.39. The van der Waals surface area contributed by atoms with E-state index in [1.807, 2.05) is 0 Å². The third-order valence-electron chi connectivity index (χ3n) is 3.30. The molecule has 3 N–H and O–H groups in total. The van der Waals surface area contributed by atoms with Gasteiger partial charge in [0.2, 0.25) is 5.91 Å². The van der Waals surface area contributed by atoms with Crippen LogP contribution in [0.15, 0.2) is 30.3 Å². The van der Waals surface area contributed by atoms with Gasteiger partial charge < -0.3 is 11.1 Å². The summed E-state index contributed by atoms with van der Waals surface area (Å²) in [6.07, 6.45) is -4.65. The standard InChI is InChI=1S/C13H15F3N2O/c14-13(15,16)12(6-7-12)18-11(19)8-10(17)9-4-2-1-3-5-9/h1-5,10H,6-8,17H2,(H,18,19). The van der Waals surface area contributed by atoms with Crippen molar-refractivity contribution in [3.8, 4) is 0 Å². The summed E-state index contributed by atoms with van der Waals surface area (Å²) in [6, 6.07) is 8.24. The number of rotatable bonds is 4. The monoisotopic (exact) mass is 272 g/mol. The number of halogens is 3. The SMILES string of the molecule is NC(CC(=O)NC1(C(F)(F)F)CC1)c1ccccc1. The third-order valence-corrected chi connectivity index (χ3v) is 3.30. The summed E-state index contributed by atoms with van der Waals surface area (Å²) in [6.45, 7) is 0. The Morgan fingerprint density at radius 3 is 2.37 bits per heavy atom. The van der Waals surface area contributed by atoms with Crippen molar-refractivity contribution in [2.75, 3.05) is 0 Å². The summed E-state index contributed by atoms with van der Waals surface area (Å²) in [5.74, 6) is -0.661. The summed E-state index contributed by atoms with van der Waals surface area (Å²) >= 11 is 0. The van der Waals surface area contributed by atoms with Gasteiger partial charge in [0, 0.05) is 12.5 Å². The Morgan fingerprint density at radius 1 is 1.32 bits per heavy atom. The molecule has 0 aromatic heterocycles. The molecular formula is C13H15F3N2O. The molecule has 1 aromatic carbocycles. The molecule has 1 amide bonds. The zero-order valence-corrected chi connectivity index (χ0v) is 10.2.